The van der Waals surface area contributed by atoms with Gasteiger partial charge in [0.1, 0.15) is 12.3 Å². The number of nitrogens with zero attached hydrogens (tertiary/aromatic N) is 2. The van der Waals surface area contributed by atoms with E-state index in [1.165, 1.54) is 10.5 Å². The van der Waals surface area contributed by atoms with Crippen LogP contribution in [-0.4, -0.2) is 46.8 Å². The summed E-state index contributed by atoms with van der Waals surface area (Å²) < 4.78 is 0. The largest absolute Gasteiger partial charge is 0.399 e. The summed E-state index contributed by atoms with van der Waals surface area (Å²) in [6, 6.07) is -0.654. The lowest BCUT2D eigenvalue weighted by atomic mass is 10.1. The molecule has 6 nitrogen and oxygen atoms in total. The Labute approximate surface area is 112 Å². The molecule has 2 heterocycles. The molecule has 0 bridgehead atoms. The summed E-state index contributed by atoms with van der Waals surface area (Å²) in [5, 5.41) is 12.3. The van der Waals surface area contributed by atoms with E-state index in [1.807, 2.05) is 12.4 Å². The Bertz CT molecular complexity index is 431. The molecule has 102 valence electrons. The average Bonchev–Trinajstić information content (AvgIpc) is 2.63. The van der Waals surface area contributed by atoms with Crippen molar-refractivity contribution in [2.24, 2.45) is 4.99 Å². The highest BCUT2D eigenvalue weighted by molar-refractivity contribution is 5.90. The van der Waals surface area contributed by atoms with Crippen LogP contribution in [0.25, 0.3) is 0 Å². The van der Waals surface area contributed by atoms with E-state index in [-0.39, 0.29) is 12.3 Å². The van der Waals surface area contributed by atoms with Gasteiger partial charge in [0, 0.05) is 25.4 Å². The fourth-order valence-electron chi connectivity index (χ4n) is 2.36. The number of amides is 2. The summed E-state index contributed by atoms with van der Waals surface area (Å²) >= 11 is 0. The molecule has 0 radical (unpaired) electrons. The van der Waals surface area contributed by atoms with E-state index in [4.69, 9.17) is 0 Å². The number of rotatable bonds is 4. The van der Waals surface area contributed by atoms with Crippen LogP contribution in [0.1, 0.15) is 25.7 Å². The van der Waals surface area contributed by atoms with Crippen molar-refractivity contribution in [3.05, 3.63) is 18.7 Å². The van der Waals surface area contributed by atoms with Gasteiger partial charge in [0.05, 0.1) is 0 Å². The lowest BCUT2D eigenvalue weighted by molar-refractivity contribution is -0.135. The van der Waals surface area contributed by atoms with Crippen LogP contribution in [0.4, 0.5) is 0 Å². The highest BCUT2D eigenvalue weighted by Crippen LogP contribution is 2.20. The van der Waals surface area contributed by atoms with Crippen LogP contribution in [0, 0.1) is 6.92 Å². The minimum absolute atomic E-state index is 0.220. The Morgan fingerprint density at radius 1 is 1.63 bits per heavy atom. The number of carbonyl (C=O) groups is 2. The van der Waals surface area contributed by atoms with Crippen molar-refractivity contribution in [3.63, 3.8) is 0 Å². The highest BCUT2D eigenvalue weighted by atomic mass is 16.3. The molecule has 1 saturated heterocycles. The number of nitrogens with one attached hydrogen (secondary N) is 1. The second kappa shape index (κ2) is 5.88. The van der Waals surface area contributed by atoms with Gasteiger partial charge in [0.15, 0.2) is 6.92 Å². The summed E-state index contributed by atoms with van der Waals surface area (Å²) in [5.74, 6) is -0.749. The molecule has 2 atom stereocenters. The number of hydrogen-bond donors (Lipinski definition) is 2. The first-order valence-electron chi connectivity index (χ1n) is 6.38. The highest BCUT2D eigenvalue weighted by Gasteiger charge is 2.39. The van der Waals surface area contributed by atoms with Crippen LogP contribution >= 0.6 is 0 Å². The van der Waals surface area contributed by atoms with Gasteiger partial charge in [0.2, 0.25) is 5.91 Å². The van der Waals surface area contributed by atoms with Crippen molar-refractivity contribution in [2.75, 3.05) is 6.54 Å². The van der Waals surface area contributed by atoms with Crippen LogP contribution < -0.4 is 5.32 Å². The molecule has 2 N–H and O–H groups in total. The Balaban J connectivity index is 1.89. The zero-order valence-corrected chi connectivity index (χ0v) is 10.7. The van der Waals surface area contributed by atoms with E-state index in [9.17, 15) is 14.7 Å². The zero-order valence-electron chi connectivity index (χ0n) is 10.7. The molecule has 2 rings (SSSR count). The van der Waals surface area contributed by atoms with Crippen LogP contribution in [0.3, 0.4) is 0 Å². The van der Waals surface area contributed by atoms with Gasteiger partial charge in [-0.25, -0.2) is 4.79 Å². The molecule has 0 aromatic heterocycles. The molecule has 0 aliphatic carbocycles. The van der Waals surface area contributed by atoms with E-state index in [0.29, 0.717) is 13.0 Å². The van der Waals surface area contributed by atoms with Crippen molar-refractivity contribution in [1.29, 1.82) is 0 Å². The molecule has 1 fully saturated rings. The summed E-state index contributed by atoms with van der Waals surface area (Å²) in [6.45, 7) is 3.63. The maximum atomic E-state index is 12.0. The van der Waals surface area contributed by atoms with Crippen molar-refractivity contribution in [3.8, 4) is 0 Å². The molecule has 2 amide bonds. The number of hydrogen-bond acceptors (Lipinski definition) is 4. The van der Waals surface area contributed by atoms with Gasteiger partial charge in [0.25, 0.3) is 0 Å². The van der Waals surface area contributed by atoms with Gasteiger partial charge in [-0.05, 0) is 24.8 Å². The topological polar surface area (TPSA) is 82.0 Å². The first-order chi connectivity index (χ1) is 9.08. The molecule has 0 spiro atoms. The first kappa shape index (κ1) is 13.6. The Morgan fingerprint density at radius 2 is 2.42 bits per heavy atom. The molecular formula is C13H18N3O3+. The van der Waals surface area contributed by atoms with Crippen LogP contribution in [0.15, 0.2) is 16.8 Å². The molecule has 19 heavy (non-hydrogen) atoms. The second-order valence-electron chi connectivity index (χ2n) is 4.78. The van der Waals surface area contributed by atoms with Crippen molar-refractivity contribution in [2.45, 2.75) is 38.0 Å². The van der Waals surface area contributed by atoms with E-state index in [0.717, 1.165) is 12.8 Å². The third-order valence-electron chi connectivity index (χ3n) is 3.35. The molecule has 0 aromatic carbocycles. The van der Waals surface area contributed by atoms with Crippen molar-refractivity contribution in [1.82, 2.24) is 10.2 Å². The molecule has 2 aliphatic rings. The molecule has 0 aromatic rings. The summed E-state index contributed by atoms with van der Waals surface area (Å²) in [5.41, 5.74) is 1.17. The fraction of sp³-hybridized carbons (Fsp3) is 0.538. The smallest absolute Gasteiger partial charge is 0.373 e. The van der Waals surface area contributed by atoms with Crippen molar-refractivity contribution >= 4 is 18.0 Å². The average molecular weight is 264 g/mol. The van der Waals surface area contributed by atoms with Gasteiger partial charge in [-0.3, -0.25) is 9.79 Å². The lowest BCUT2D eigenvalue weighted by Crippen LogP contribution is -2.41. The molecule has 6 heteroatoms. The third-order valence-corrected chi connectivity index (χ3v) is 3.35. The van der Waals surface area contributed by atoms with Crippen LogP contribution in [0.5, 0.6) is 0 Å². The van der Waals surface area contributed by atoms with Gasteiger partial charge in [-0.1, -0.05) is 0 Å². The molecular weight excluding hydrogens is 246 g/mol. The van der Waals surface area contributed by atoms with E-state index in [2.05, 4.69) is 17.2 Å². The van der Waals surface area contributed by atoms with E-state index < -0.39 is 18.2 Å². The maximum Gasteiger partial charge on any atom is 0.399 e. The predicted molar refractivity (Wildman–Crippen MR) is 70.1 cm³/mol. The van der Waals surface area contributed by atoms with Crippen molar-refractivity contribution < 1.29 is 14.7 Å². The minimum Gasteiger partial charge on any atom is -0.373 e. The molecule has 2 aliphatic heterocycles. The van der Waals surface area contributed by atoms with E-state index >= 15 is 0 Å². The van der Waals surface area contributed by atoms with Gasteiger partial charge in [-0.15, -0.1) is 0 Å². The van der Waals surface area contributed by atoms with Gasteiger partial charge < -0.3 is 15.3 Å². The molecule has 0 saturated carbocycles. The quantitative estimate of drug-likeness (QED) is 0.701. The SMILES string of the molecule is [CH2+]C(=O)NC1CC(O)N(CCC2=CN=CCC2)C1=O. The molecule has 2 unspecified atom stereocenters. The number of aliphatic hydroxyl groups excluding tert-OH is 1. The van der Waals surface area contributed by atoms with E-state index in [1.54, 1.807) is 0 Å². The van der Waals surface area contributed by atoms with Gasteiger partial charge >= 0.3 is 5.91 Å². The predicted octanol–water partition coefficient (Wildman–Crippen LogP) is -0.00541. The summed E-state index contributed by atoms with van der Waals surface area (Å²) in [6.07, 6.45) is 5.62. The number of aliphatic imine (C=N–C) groups is 1. The first-order valence-corrected chi connectivity index (χ1v) is 6.38. The lowest BCUT2D eigenvalue weighted by Gasteiger charge is -2.21. The fourth-order valence-corrected chi connectivity index (χ4v) is 2.36. The van der Waals surface area contributed by atoms with Gasteiger partial charge in [-0.2, -0.15) is 0 Å². The standard InChI is InChI=1S/C13H17N3O3/c1-9(17)15-11-7-12(18)16(13(11)19)6-4-10-3-2-5-14-8-10/h5,8,11-12,18H,1-4,6-7H2/p+1. The number of carbonyl (C=O) groups excluding carboxylic acids is 2. The summed E-state index contributed by atoms with van der Waals surface area (Å²) in [4.78, 5) is 28.3. The number of aliphatic hydroxyl groups is 1. The third kappa shape index (κ3) is 3.35. The normalized spacial score (nSPS) is 26.5. The zero-order chi connectivity index (χ0) is 13.8. The van der Waals surface area contributed by atoms with Crippen LogP contribution in [-0.2, 0) is 9.59 Å². The van der Waals surface area contributed by atoms with Crippen LogP contribution in [0.2, 0.25) is 0 Å². The minimum atomic E-state index is -0.836. The Hall–Kier alpha value is -1.82. The maximum absolute atomic E-state index is 12.0. The second-order valence-corrected chi connectivity index (χ2v) is 4.78. The Morgan fingerprint density at radius 3 is 3.05 bits per heavy atom. The number of likely N-dealkylation sites (tertiary alicyclic amines) is 1. The Kier molecular flexibility index (Phi) is 4.21. The summed E-state index contributed by atoms with van der Waals surface area (Å²) in [7, 11) is 0. The monoisotopic (exact) mass is 264 g/mol.